The summed E-state index contributed by atoms with van der Waals surface area (Å²) in [6.45, 7) is 7.11. The van der Waals surface area contributed by atoms with Crippen LogP contribution in [0.4, 0.5) is 0 Å². The number of benzene rings is 1. The van der Waals surface area contributed by atoms with E-state index in [0.29, 0.717) is 6.61 Å². The fraction of sp³-hybridized carbons (Fsp3) is 0.591. The Kier molecular flexibility index (Phi) is 9.13. The predicted molar refractivity (Wildman–Crippen MR) is 113 cm³/mol. The highest BCUT2D eigenvalue weighted by Crippen LogP contribution is 2.33. The number of aromatic nitrogens is 1. The van der Waals surface area contributed by atoms with Crippen LogP contribution in [0.2, 0.25) is 0 Å². The molecule has 2 aromatic rings. The molecule has 1 N–H and O–H groups in total. The third-order valence-corrected chi connectivity index (χ3v) is 5.79. The number of hydrogen-bond donors (Lipinski definition) is 1. The van der Waals surface area contributed by atoms with E-state index >= 15 is 0 Å². The molecule has 1 atom stereocenters. The topological polar surface area (TPSA) is 34.1 Å². The lowest BCUT2D eigenvalue weighted by Crippen LogP contribution is -2.11. The molecule has 3 nitrogen and oxygen atoms in total. The normalized spacial score (nSPS) is 12.3. The van der Waals surface area contributed by atoms with Crippen LogP contribution in [0.1, 0.15) is 75.9 Å². The molecule has 0 bridgehead atoms. The SMILES string of the molecule is CCCCCCCCc1ccc(OCC)c(-c2csc(C(C)NC)n2)c1. The number of nitrogens with one attached hydrogen (secondary N) is 1. The molecule has 1 aromatic carbocycles. The molecule has 144 valence electrons. The largest absolute Gasteiger partial charge is 0.493 e. The average molecular weight is 375 g/mol. The van der Waals surface area contributed by atoms with Gasteiger partial charge in [-0.25, -0.2) is 4.98 Å². The second kappa shape index (κ2) is 11.3. The third kappa shape index (κ3) is 6.10. The molecule has 0 aliphatic heterocycles. The van der Waals surface area contributed by atoms with Crippen molar-refractivity contribution in [3.63, 3.8) is 0 Å². The van der Waals surface area contributed by atoms with Gasteiger partial charge in [-0.1, -0.05) is 45.1 Å². The molecule has 0 radical (unpaired) electrons. The Morgan fingerprint density at radius 2 is 1.88 bits per heavy atom. The van der Waals surface area contributed by atoms with Gasteiger partial charge in [-0.15, -0.1) is 11.3 Å². The summed E-state index contributed by atoms with van der Waals surface area (Å²) in [6.07, 6.45) is 9.12. The zero-order valence-electron chi connectivity index (χ0n) is 16.8. The minimum absolute atomic E-state index is 0.274. The van der Waals surface area contributed by atoms with E-state index in [9.17, 15) is 0 Å². The number of rotatable bonds is 12. The van der Waals surface area contributed by atoms with Gasteiger partial charge in [0.05, 0.1) is 18.3 Å². The van der Waals surface area contributed by atoms with Gasteiger partial charge in [0.2, 0.25) is 0 Å². The Morgan fingerprint density at radius 1 is 1.12 bits per heavy atom. The highest BCUT2D eigenvalue weighted by atomic mass is 32.1. The van der Waals surface area contributed by atoms with E-state index in [1.807, 2.05) is 14.0 Å². The van der Waals surface area contributed by atoms with Crippen LogP contribution in [0.25, 0.3) is 11.3 Å². The summed E-state index contributed by atoms with van der Waals surface area (Å²) in [6, 6.07) is 6.88. The molecule has 0 fully saturated rings. The summed E-state index contributed by atoms with van der Waals surface area (Å²) in [5.74, 6) is 0.938. The lowest BCUT2D eigenvalue weighted by Gasteiger charge is -2.11. The van der Waals surface area contributed by atoms with Gasteiger partial charge in [0.25, 0.3) is 0 Å². The summed E-state index contributed by atoms with van der Waals surface area (Å²) in [4.78, 5) is 4.84. The van der Waals surface area contributed by atoms with Crippen molar-refractivity contribution in [3.8, 4) is 17.0 Å². The smallest absolute Gasteiger partial charge is 0.128 e. The van der Waals surface area contributed by atoms with Crippen LogP contribution in [0.3, 0.4) is 0 Å². The van der Waals surface area contributed by atoms with Gasteiger partial charge in [0, 0.05) is 10.9 Å². The minimum Gasteiger partial charge on any atom is -0.493 e. The van der Waals surface area contributed by atoms with Crippen LogP contribution < -0.4 is 10.1 Å². The predicted octanol–water partition coefficient (Wildman–Crippen LogP) is 6.39. The van der Waals surface area contributed by atoms with Crippen molar-refractivity contribution in [2.75, 3.05) is 13.7 Å². The van der Waals surface area contributed by atoms with Crippen molar-refractivity contribution < 1.29 is 4.74 Å². The summed E-state index contributed by atoms with van der Waals surface area (Å²) >= 11 is 1.71. The van der Waals surface area contributed by atoms with Crippen molar-refractivity contribution in [3.05, 3.63) is 34.2 Å². The van der Waals surface area contributed by atoms with Crippen LogP contribution in [0.15, 0.2) is 23.6 Å². The fourth-order valence-corrected chi connectivity index (χ4v) is 3.94. The standard InChI is InChI=1S/C22H34N2OS/c1-5-7-8-9-10-11-12-18-13-14-21(25-6-2)19(15-18)20-16-26-22(24-20)17(3)23-4/h13-17,23H,5-12H2,1-4H3. The molecule has 1 heterocycles. The summed E-state index contributed by atoms with van der Waals surface area (Å²) in [7, 11) is 1.97. The van der Waals surface area contributed by atoms with Crippen molar-refractivity contribution in [2.24, 2.45) is 0 Å². The molecule has 26 heavy (non-hydrogen) atoms. The van der Waals surface area contributed by atoms with Gasteiger partial charge in [-0.2, -0.15) is 0 Å². The molecule has 1 aromatic heterocycles. The van der Waals surface area contributed by atoms with E-state index in [1.165, 1.54) is 44.1 Å². The Bertz CT molecular complexity index is 653. The van der Waals surface area contributed by atoms with Crippen LogP contribution in [0, 0.1) is 0 Å². The first kappa shape index (κ1) is 20.9. The van der Waals surface area contributed by atoms with Gasteiger partial charge < -0.3 is 10.1 Å². The summed E-state index contributed by atoms with van der Waals surface area (Å²) < 4.78 is 5.86. The fourth-order valence-electron chi connectivity index (χ4n) is 3.06. The number of unbranched alkanes of at least 4 members (excludes halogenated alkanes) is 5. The van der Waals surface area contributed by atoms with Crippen LogP contribution in [0.5, 0.6) is 5.75 Å². The molecule has 0 aliphatic rings. The molecule has 2 rings (SSSR count). The molecule has 0 spiro atoms. The maximum atomic E-state index is 5.86. The first-order valence-electron chi connectivity index (χ1n) is 10.1. The lowest BCUT2D eigenvalue weighted by atomic mass is 10.0. The molecule has 0 saturated heterocycles. The second-order valence-corrected chi connectivity index (χ2v) is 7.75. The van der Waals surface area contributed by atoms with E-state index in [2.05, 4.69) is 42.7 Å². The summed E-state index contributed by atoms with van der Waals surface area (Å²) in [5.41, 5.74) is 3.54. The quantitative estimate of drug-likeness (QED) is 0.437. The monoisotopic (exact) mass is 374 g/mol. The maximum Gasteiger partial charge on any atom is 0.128 e. The molecule has 0 saturated carbocycles. The third-order valence-electron chi connectivity index (χ3n) is 4.76. The van der Waals surface area contributed by atoms with Crippen LogP contribution in [-0.2, 0) is 6.42 Å². The maximum absolute atomic E-state index is 5.86. The number of aryl methyl sites for hydroxylation is 1. The van der Waals surface area contributed by atoms with Crippen LogP contribution in [-0.4, -0.2) is 18.6 Å². The van der Waals surface area contributed by atoms with Gasteiger partial charge in [-0.3, -0.25) is 0 Å². The Morgan fingerprint density at radius 3 is 2.62 bits per heavy atom. The van der Waals surface area contributed by atoms with E-state index in [1.54, 1.807) is 11.3 Å². The number of ether oxygens (including phenoxy) is 1. The van der Waals surface area contributed by atoms with Gasteiger partial charge in [-0.05, 0) is 51.4 Å². The molecular weight excluding hydrogens is 340 g/mol. The van der Waals surface area contributed by atoms with Crippen molar-refractivity contribution in [1.82, 2.24) is 10.3 Å². The van der Waals surface area contributed by atoms with Crippen molar-refractivity contribution in [2.45, 2.75) is 71.8 Å². The van der Waals surface area contributed by atoms with Crippen LogP contribution >= 0.6 is 11.3 Å². The van der Waals surface area contributed by atoms with E-state index in [-0.39, 0.29) is 6.04 Å². The molecule has 1 unspecified atom stereocenters. The minimum atomic E-state index is 0.274. The second-order valence-electron chi connectivity index (χ2n) is 6.86. The zero-order chi connectivity index (χ0) is 18.8. The first-order chi connectivity index (χ1) is 12.7. The Labute approximate surface area is 163 Å². The number of nitrogens with zero attached hydrogens (tertiary/aromatic N) is 1. The van der Waals surface area contributed by atoms with E-state index in [4.69, 9.17) is 9.72 Å². The highest BCUT2D eigenvalue weighted by molar-refractivity contribution is 7.10. The molecule has 0 aliphatic carbocycles. The highest BCUT2D eigenvalue weighted by Gasteiger charge is 2.14. The zero-order valence-corrected chi connectivity index (χ0v) is 17.6. The molecule has 4 heteroatoms. The van der Waals surface area contributed by atoms with Gasteiger partial charge in [0.15, 0.2) is 0 Å². The molecular formula is C22H34N2OS. The van der Waals surface area contributed by atoms with Crippen molar-refractivity contribution in [1.29, 1.82) is 0 Å². The number of thiazole rings is 1. The lowest BCUT2D eigenvalue weighted by molar-refractivity contribution is 0.341. The number of hydrogen-bond acceptors (Lipinski definition) is 4. The van der Waals surface area contributed by atoms with E-state index in [0.717, 1.165) is 28.4 Å². The van der Waals surface area contributed by atoms with Gasteiger partial charge >= 0.3 is 0 Å². The first-order valence-corrected chi connectivity index (χ1v) is 11.0. The average Bonchev–Trinajstić information content (AvgIpc) is 3.15. The van der Waals surface area contributed by atoms with Crippen molar-refractivity contribution >= 4 is 11.3 Å². The van der Waals surface area contributed by atoms with Gasteiger partial charge in [0.1, 0.15) is 10.8 Å². The Hall–Kier alpha value is -1.39. The van der Waals surface area contributed by atoms with E-state index < -0.39 is 0 Å². The summed E-state index contributed by atoms with van der Waals surface area (Å²) in [5, 5.41) is 6.53. The molecule has 0 amide bonds. The Balaban J connectivity index is 2.09.